The first-order valence-electron chi connectivity index (χ1n) is 3.99. The molecule has 1 rings (SSSR count). The van der Waals surface area contributed by atoms with Gasteiger partial charge in [0.25, 0.3) is 0 Å². The SMILES string of the molecule is C=CCc1c(F)cc(C(=O)O)c(Cl)c1F. The van der Waals surface area contributed by atoms with Gasteiger partial charge in [-0.25, -0.2) is 13.6 Å². The molecule has 0 aliphatic rings. The summed E-state index contributed by atoms with van der Waals surface area (Å²) in [5, 5.41) is 8.01. The second-order valence-electron chi connectivity index (χ2n) is 2.81. The van der Waals surface area contributed by atoms with Gasteiger partial charge in [0.1, 0.15) is 11.6 Å². The highest BCUT2D eigenvalue weighted by Crippen LogP contribution is 2.26. The highest BCUT2D eigenvalue weighted by atomic mass is 35.5. The summed E-state index contributed by atoms with van der Waals surface area (Å²) < 4.78 is 26.6. The fourth-order valence-corrected chi connectivity index (χ4v) is 1.37. The number of hydrogen-bond acceptors (Lipinski definition) is 1. The Kier molecular flexibility index (Phi) is 3.42. The lowest BCUT2D eigenvalue weighted by Crippen LogP contribution is -2.04. The molecule has 1 N–H and O–H groups in total. The summed E-state index contributed by atoms with van der Waals surface area (Å²) in [6.45, 7) is 3.33. The van der Waals surface area contributed by atoms with Gasteiger partial charge in [0.2, 0.25) is 0 Å². The number of carbonyl (C=O) groups is 1. The van der Waals surface area contributed by atoms with Gasteiger partial charge in [-0.05, 0) is 12.5 Å². The van der Waals surface area contributed by atoms with Gasteiger partial charge in [-0.2, -0.15) is 0 Å². The van der Waals surface area contributed by atoms with Gasteiger partial charge in [0.05, 0.1) is 10.6 Å². The summed E-state index contributed by atoms with van der Waals surface area (Å²) in [4.78, 5) is 10.6. The van der Waals surface area contributed by atoms with Crippen molar-refractivity contribution in [2.24, 2.45) is 0 Å². The van der Waals surface area contributed by atoms with Crippen LogP contribution in [0.2, 0.25) is 5.02 Å². The Morgan fingerprint density at radius 1 is 1.60 bits per heavy atom. The second-order valence-corrected chi connectivity index (χ2v) is 3.19. The first-order chi connectivity index (χ1) is 6.99. The van der Waals surface area contributed by atoms with Crippen molar-refractivity contribution >= 4 is 17.6 Å². The van der Waals surface area contributed by atoms with Crippen molar-refractivity contribution in [1.29, 1.82) is 0 Å². The normalized spacial score (nSPS) is 10.1. The van der Waals surface area contributed by atoms with Gasteiger partial charge in [0, 0.05) is 5.56 Å². The van der Waals surface area contributed by atoms with Crippen LogP contribution in [-0.4, -0.2) is 11.1 Å². The standard InChI is InChI=1S/C10H7ClF2O2/c1-2-3-5-7(12)4-6(10(14)15)8(11)9(5)13/h2,4H,1,3H2,(H,14,15). The van der Waals surface area contributed by atoms with Gasteiger partial charge >= 0.3 is 5.97 Å². The molecule has 0 radical (unpaired) electrons. The van der Waals surface area contributed by atoms with Crippen LogP contribution < -0.4 is 0 Å². The van der Waals surface area contributed by atoms with E-state index in [1.165, 1.54) is 6.08 Å². The van der Waals surface area contributed by atoms with Crippen LogP contribution in [0.3, 0.4) is 0 Å². The number of rotatable bonds is 3. The maximum atomic E-state index is 13.4. The van der Waals surface area contributed by atoms with Gasteiger partial charge in [0.15, 0.2) is 0 Å². The summed E-state index contributed by atoms with van der Waals surface area (Å²) >= 11 is 5.44. The molecule has 0 aliphatic carbocycles. The van der Waals surface area contributed by atoms with E-state index in [4.69, 9.17) is 16.7 Å². The third kappa shape index (κ3) is 2.15. The van der Waals surface area contributed by atoms with Gasteiger partial charge in [-0.1, -0.05) is 17.7 Å². The van der Waals surface area contributed by atoms with Crippen molar-refractivity contribution in [2.75, 3.05) is 0 Å². The largest absolute Gasteiger partial charge is 0.478 e. The van der Waals surface area contributed by atoms with Crippen LogP contribution in [0.5, 0.6) is 0 Å². The molecule has 0 fully saturated rings. The first kappa shape index (κ1) is 11.7. The molecule has 0 bridgehead atoms. The molecule has 0 aliphatic heterocycles. The second kappa shape index (κ2) is 4.40. The molecular formula is C10H7ClF2O2. The third-order valence-corrected chi connectivity index (χ3v) is 2.20. The summed E-state index contributed by atoms with van der Waals surface area (Å²) in [5.74, 6) is -3.45. The Morgan fingerprint density at radius 3 is 2.67 bits per heavy atom. The minimum atomic E-state index is -1.47. The van der Waals surface area contributed by atoms with Crippen LogP contribution >= 0.6 is 11.6 Å². The Hall–Kier alpha value is -1.42. The molecule has 1 aromatic carbocycles. The molecule has 0 spiro atoms. The summed E-state index contributed by atoms with van der Waals surface area (Å²) in [5.41, 5.74) is -0.862. The molecule has 0 atom stereocenters. The molecule has 80 valence electrons. The molecular weight excluding hydrogens is 226 g/mol. The van der Waals surface area contributed by atoms with E-state index in [1.54, 1.807) is 0 Å². The third-order valence-electron chi connectivity index (χ3n) is 1.83. The van der Waals surface area contributed by atoms with E-state index in [2.05, 4.69) is 6.58 Å². The molecule has 1 aromatic rings. The minimum Gasteiger partial charge on any atom is -0.478 e. The molecule has 0 saturated carbocycles. The van der Waals surface area contributed by atoms with Crippen LogP contribution in [0.25, 0.3) is 0 Å². The van der Waals surface area contributed by atoms with Gasteiger partial charge in [-0.3, -0.25) is 0 Å². The van der Waals surface area contributed by atoms with E-state index in [0.717, 1.165) is 0 Å². The smallest absolute Gasteiger partial charge is 0.337 e. The average molecular weight is 233 g/mol. The molecule has 0 amide bonds. The van der Waals surface area contributed by atoms with Crippen LogP contribution in [0.4, 0.5) is 8.78 Å². The zero-order valence-electron chi connectivity index (χ0n) is 7.56. The molecule has 5 heteroatoms. The van der Waals surface area contributed by atoms with Crippen LogP contribution in [0, 0.1) is 11.6 Å². The van der Waals surface area contributed by atoms with Gasteiger partial charge in [-0.15, -0.1) is 6.58 Å². The van der Waals surface area contributed by atoms with Crippen molar-refractivity contribution in [3.05, 3.63) is 46.5 Å². The quantitative estimate of drug-likeness (QED) is 0.642. The zero-order valence-corrected chi connectivity index (χ0v) is 8.31. The highest BCUT2D eigenvalue weighted by molar-refractivity contribution is 6.33. The van der Waals surface area contributed by atoms with E-state index >= 15 is 0 Å². The van der Waals surface area contributed by atoms with Crippen LogP contribution in [-0.2, 0) is 6.42 Å². The number of carboxylic acid groups (broad SMARTS) is 1. The Labute approximate surface area is 89.8 Å². The number of aromatic carboxylic acids is 1. The predicted molar refractivity (Wildman–Crippen MR) is 52.2 cm³/mol. The number of hydrogen-bond donors (Lipinski definition) is 1. The number of allylic oxidation sites excluding steroid dienone is 1. The number of benzene rings is 1. The van der Waals surface area contributed by atoms with E-state index in [-0.39, 0.29) is 12.0 Å². The fourth-order valence-electron chi connectivity index (χ4n) is 1.12. The summed E-state index contributed by atoms with van der Waals surface area (Å²) in [7, 11) is 0. The molecule has 2 nitrogen and oxygen atoms in total. The Morgan fingerprint density at radius 2 is 2.20 bits per heavy atom. The molecule has 0 unspecified atom stereocenters. The van der Waals surface area contributed by atoms with E-state index < -0.39 is 28.2 Å². The van der Waals surface area contributed by atoms with Gasteiger partial charge < -0.3 is 5.11 Å². The maximum absolute atomic E-state index is 13.4. The highest BCUT2D eigenvalue weighted by Gasteiger charge is 2.19. The first-order valence-corrected chi connectivity index (χ1v) is 4.37. The molecule has 0 aromatic heterocycles. The lowest BCUT2D eigenvalue weighted by atomic mass is 10.1. The average Bonchev–Trinajstić information content (AvgIpc) is 2.18. The Balaban J connectivity index is 3.43. The lowest BCUT2D eigenvalue weighted by Gasteiger charge is -2.06. The summed E-state index contributed by atoms with van der Waals surface area (Å²) in [6, 6.07) is 0.701. The van der Waals surface area contributed by atoms with E-state index in [0.29, 0.717) is 6.07 Å². The molecule has 0 heterocycles. The lowest BCUT2D eigenvalue weighted by molar-refractivity contribution is 0.0696. The monoisotopic (exact) mass is 232 g/mol. The Bertz CT molecular complexity index is 430. The van der Waals surface area contributed by atoms with Crippen molar-refractivity contribution in [3.63, 3.8) is 0 Å². The summed E-state index contributed by atoms with van der Waals surface area (Å²) in [6.07, 6.45) is 1.26. The topological polar surface area (TPSA) is 37.3 Å². The zero-order chi connectivity index (χ0) is 11.6. The van der Waals surface area contributed by atoms with E-state index in [1.807, 2.05) is 0 Å². The number of carboxylic acids is 1. The predicted octanol–water partition coefficient (Wildman–Crippen LogP) is 3.04. The maximum Gasteiger partial charge on any atom is 0.337 e. The van der Waals surface area contributed by atoms with Crippen LogP contribution in [0.15, 0.2) is 18.7 Å². The van der Waals surface area contributed by atoms with Crippen molar-refractivity contribution in [1.82, 2.24) is 0 Å². The van der Waals surface area contributed by atoms with Crippen LogP contribution in [0.1, 0.15) is 15.9 Å². The number of halogens is 3. The molecule has 15 heavy (non-hydrogen) atoms. The minimum absolute atomic E-state index is 0.0444. The van der Waals surface area contributed by atoms with Crippen molar-refractivity contribution < 1.29 is 18.7 Å². The van der Waals surface area contributed by atoms with E-state index in [9.17, 15) is 13.6 Å². The molecule has 0 saturated heterocycles. The fraction of sp³-hybridized carbons (Fsp3) is 0.100. The van der Waals surface area contributed by atoms with Crippen molar-refractivity contribution in [2.45, 2.75) is 6.42 Å². The van der Waals surface area contributed by atoms with Crippen molar-refractivity contribution in [3.8, 4) is 0 Å².